The van der Waals surface area contributed by atoms with Crippen LogP contribution in [0.2, 0.25) is 5.02 Å². The summed E-state index contributed by atoms with van der Waals surface area (Å²) in [6.07, 6.45) is 3.20. The van der Waals surface area contributed by atoms with Gasteiger partial charge in [-0.1, -0.05) is 18.0 Å². The first-order valence-electron chi connectivity index (χ1n) is 6.93. The molecule has 0 bridgehead atoms. The monoisotopic (exact) mass is 311 g/mol. The van der Waals surface area contributed by atoms with Crippen molar-refractivity contribution in [2.24, 2.45) is 0 Å². The van der Waals surface area contributed by atoms with Crippen LogP contribution >= 0.6 is 11.6 Å². The molecule has 1 N–H and O–H groups in total. The predicted octanol–water partition coefficient (Wildman–Crippen LogP) is 3.16. The second-order valence-electron chi connectivity index (χ2n) is 5.40. The molecule has 1 saturated heterocycles. The number of rotatable bonds is 3. The van der Waals surface area contributed by atoms with Gasteiger partial charge in [0.05, 0.1) is 15.5 Å². The van der Waals surface area contributed by atoms with Crippen LogP contribution in [0.4, 0.5) is 5.69 Å². The first kappa shape index (κ1) is 15.7. The number of carbonyl (C=O) groups excluding carboxylic acids is 1. The standard InChI is InChI=1S/C14H18ClN3O3/c1-9-4-3-5-10(2)17(9)16-14(19)12-7-6-11(18(20)21)8-13(12)15/h6-10H,3-5H2,1-2H3,(H,16,19)/t9-,10-/m0/s1. The lowest BCUT2D eigenvalue weighted by atomic mass is 10.00. The third-order valence-electron chi connectivity index (χ3n) is 3.83. The molecule has 2 rings (SSSR count). The molecular weight excluding hydrogens is 294 g/mol. The van der Waals surface area contributed by atoms with Crippen LogP contribution in [0.5, 0.6) is 0 Å². The Morgan fingerprint density at radius 1 is 1.38 bits per heavy atom. The quantitative estimate of drug-likeness (QED) is 0.687. The minimum Gasteiger partial charge on any atom is -0.284 e. The zero-order valence-electron chi connectivity index (χ0n) is 12.0. The number of piperidine rings is 1. The molecule has 114 valence electrons. The third-order valence-corrected chi connectivity index (χ3v) is 4.14. The molecule has 6 nitrogen and oxygen atoms in total. The number of halogens is 1. The van der Waals surface area contributed by atoms with Crippen molar-refractivity contribution >= 4 is 23.2 Å². The lowest BCUT2D eigenvalue weighted by molar-refractivity contribution is -0.384. The van der Waals surface area contributed by atoms with Crippen LogP contribution in [0, 0.1) is 10.1 Å². The van der Waals surface area contributed by atoms with Crippen molar-refractivity contribution in [2.45, 2.75) is 45.2 Å². The molecule has 7 heteroatoms. The van der Waals surface area contributed by atoms with E-state index in [1.165, 1.54) is 18.2 Å². The van der Waals surface area contributed by atoms with Crippen molar-refractivity contribution < 1.29 is 9.72 Å². The van der Waals surface area contributed by atoms with Gasteiger partial charge in [-0.25, -0.2) is 5.01 Å². The van der Waals surface area contributed by atoms with Crippen LogP contribution < -0.4 is 5.43 Å². The van der Waals surface area contributed by atoms with Crippen LogP contribution in [0.3, 0.4) is 0 Å². The zero-order chi connectivity index (χ0) is 15.6. The van der Waals surface area contributed by atoms with Crippen molar-refractivity contribution in [3.05, 3.63) is 38.9 Å². The fourth-order valence-electron chi connectivity index (χ4n) is 2.62. The molecule has 1 aromatic carbocycles. The molecular formula is C14H18ClN3O3. The van der Waals surface area contributed by atoms with E-state index in [4.69, 9.17) is 11.6 Å². The van der Waals surface area contributed by atoms with Gasteiger partial charge in [-0.2, -0.15) is 0 Å². The molecule has 1 fully saturated rings. The van der Waals surface area contributed by atoms with Crippen molar-refractivity contribution in [1.82, 2.24) is 10.4 Å². The van der Waals surface area contributed by atoms with Gasteiger partial charge in [-0.3, -0.25) is 20.3 Å². The number of hydrazine groups is 1. The summed E-state index contributed by atoms with van der Waals surface area (Å²) in [5, 5.41) is 12.7. The summed E-state index contributed by atoms with van der Waals surface area (Å²) in [5.41, 5.74) is 2.98. The van der Waals surface area contributed by atoms with Gasteiger partial charge in [0.1, 0.15) is 0 Å². The topological polar surface area (TPSA) is 75.5 Å². The minimum absolute atomic E-state index is 0.0824. The van der Waals surface area contributed by atoms with Crippen molar-refractivity contribution in [1.29, 1.82) is 0 Å². The highest BCUT2D eigenvalue weighted by Crippen LogP contribution is 2.24. The Balaban J connectivity index is 2.15. The van der Waals surface area contributed by atoms with Crippen LogP contribution in [-0.4, -0.2) is 27.9 Å². The summed E-state index contributed by atoms with van der Waals surface area (Å²) in [6, 6.07) is 4.38. The fraction of sp³-hybridized carbons (Fsp3) is 0.500. The van der Waals surface area contributed by atoms with Crippen LogP contribution in [-0.2, 0) is 0 Å². The largest absolute Gasteiger partial charge is 0.284 e. The Hall–Kier alpha value is -1.66. The van der Waals surface area contributed by atoms with E-state index in [1.54, 1.807) is 0 Å². The highest BCUT2D eigenvalue weighted by Gasteiger charge is 2.27. The summed E-state index contributed by atoms with van der Waals surface area (Å²) >= 11 is 5.98. The Bertz CT molecular complexity index is 554. The predicted molar refractivity (Wildman–Crippen MR) is 80.2 cm³/mol. The Kier molecular flexibility index (Phi) is 4.80. The molecule has 1 amide bonds. The van der Waals surface area contributed by atoms with E-state index >= 15 is 0 Å². The Labute approximate surface area is 128 Å². The van der Waals surface area contributed by atoms with Crippen molar-refractivity contribution in [3.8, 4) is 0 Å². The Morgan fingerprint density at radius 3 is 2.52 bits per heavy atom. The summed E-state index contributed by atoms with van der Waals surface area (Å²) in [7, 11) is 0. The van der Waals surface area contributed by atoms with E-state index in [9.17, 15) is 14.9 Å². The first-order valence-corrected chi connectivity index (χ1v) is 7.31. The van der Waals surface area contributed by atoms with E-state index in [1.807, 2.05) is 5.01 Å². The molecule has 0 aromatic heterocycles. The number of carbonyl (C=O) groups is 1. The van der Waals surface area contributed by atoms with Crippen LogP contribution in [0.1, 0.15) is 43.5 Å². The number of nitrogens with one attached hydrogen (secondary N) is 1. The van der Waals surface area contributed by atoms with Crippen molar-refractivity contribution in [3.63, 3.8) is 0 Å². The minimum atomic E-state index is -0.539. The Morgan fingerprint density at radius 2 is 2.00 bits per heavy atom. The van der Waals surface area contributed by atoms with Crippen LogP contribution in [0.15, 0.2) is 18.2 Å². The number of hydrogen-bond acceptors (Lipinski definition) is 4. The SMILES string of the molecule is C[C@H]1CCC[C@H](C)N1NC(=O)c1ccc([N+](=O)[O-])cc1Cl. The summed E-state index contributed by atoms with van der Waals surface area (Å²) in [4.78, 5) is 22.4. The zero-order valence-corrected chi connectivity index (χ0v) is 12.8. The molecule has 0 radical (unpaired) electrons. The second kappa shape index (κ2) is 6.41. The molecule has 0 saturated carbocycles. The maximum atomic E-state index is 12.3. The molecule has 1 aliphatic heterocycles. The maximum Gasteiger partial charge on any atom is 0.270 e. The average molecular weight is 312 g/mol. The van der Waals surface area contributed by atoms with Gasteiger partial charge in [-0.05, 0) is 32.8 Å². The van der Waals surface area contributed by atoms with Gasteiger partial charge in [-0.15, -0.1) is 0 Å². The summed E-state index contributed by atoms with van der Waals surface area (Å²) in [5.74, 6) is -0.338. The van der Waals surface area contributed by atoms with Crippen molar-refractivity contribution in [2.75, 3.05) is 0 Å². The number of benzene rings is 1. The fourth-order valence-corrected chi connectivity index (χ4v) is 2.88. The number of hydrogen-bond donors (Lipinski definition) is 1. The molecule has 1 aromatic rings. The number of nitro benzene ring substituents is 1. The number of nitro groups is 1. The van der Waals surface area contributed by atoms with Gasteiger partial charge in [0, 0.05) is 24.2 Å². The highest BCUT2D eigenvalue weighted by atomic mass is 35.5. The maximum absolute atomic E-state index is 12.3. The highest BCUT2D eigenvalue weighted by molar-refractivity contribution is 6.34. The van der Waals surface area contributed by atoms with Crippen LogP contribution in [0.25, 0.3) is 0 Å². The molecule has 0 unspecified atom stereocenters. The van der Waals surface area contributed by atoms with Gasteiger partial charge >= 0.3 is 0 Å². The summed E-state index contributed by atoms with van der Waals surface area (Å²) < 4.78 is 0. The number of amides is 1. The smallest absolute Gasteiger partial charge is 0.270 e. The van der Waals surface area contributed by atoms with E-state index in [-0.39, 0.29) is 34.3 Å². The van der Waals surface area contributed by atoms with Gasteiger partial charge in [0.2, 0.25) is 0 Å². The number of nitrogens with zero attached hydrogens (tertiary/aromatic N) is 2. The molecule has 21 heavy (non-hydrogen) atoms. The number of non-ortho nitro benzene ring substituents is 1. The third kappa shape index (κ3) is 3.51. The molecule has 2 atom stereocenters. The summed E-state index contributed by atoms with van der Waals surface area (Å²) in [6.45, 7) is 4.13. The second-order valence-corrected chi connectivity index (χ2v) is 5.81. The average Bonchev–Trinajstić information content (AvgIpc) is 2.42. The normalized spacial score (nSPS) is 22.8. The molecule has 0 spiro atoms. The molecule has 0 aliphatic carbocycles. The lowest BCUT2D eigenvalue weighted by Gasteiger charge is -2.38. The lowest BCUT2D eigenvalue weighted by Crippen LogP contribution is -2.54. The van der Waals surface area contributed by atoms with E-state index in [2.05, 4.69) is 19.3 Å². The van der Waals surface area contributed by atoms with Gasteiger partial charge in [0.25, 0.3) is 11.6 Å². The van der Waals surface area contributed by atoms with E-state index < -0.39 is 4.92 Å². The molecule has 1 aliphatic rings. The molecule has 1 heterocycles. The van der Waals surface area contributed by atoms with E-state index in [0.29, 0.717) is 0 Å². The van der Waals surface area contributed by atoms with Gasteiger partial charge < -0.3 is 0 Å². The van der Waals surface area contributed by atoms with Gasteiger partial charge in [0.15, 0.2) is 0 Å². The van der Waals surface area contributed by atoms with E-state index in [0.717, 1.165) is 19.3 Å². The first-order chi connectivity index (χ1) is 9.90.